The summed E-state index contributed by atoms with van der Waals surface area (Å²) in [6.07, 6.45) is 1.19. The van der Waals surface area contributed by atoms with Gasteiger partial charge in [-0.15, -0.1) is 0 Å². The van der Waals surface area contributed by atoms with Crippen LogP contribution in [0.25, 0.3) is 0 Å². The first kappa shape index (κ1) is 14.5. The molecule has 17 heavy (non-hydrogen) atoms. The second kappa shape index (κ2) is 7.70. The maximum atomic E-state index is 6.01. The van der Waals surface area contributed by atoms with E-state index >= 15 is 0 Å². The third-order valence-electron chi connectivity index (χ3n) is 2.77. The summed E-state index contributed by atoms with van der Waals surface area (Å²) in [5.74, 6) is 0. The largest absolute Gasteiger partial charge is 0.315 e. The van der Waals surface area contributed by atoms with Gasteiger partial charge in [0.05, 0.1) is 0 Å². The van der Waals surface area contributed by atoms with Crippen LogP contribution < -0.4 is 5.32 Å². The molecule has 0 atom stereocenters. The van der Waals surface area contributed by atoms with E-state index in [1.54, 1.807) is 0 Å². The molecule has 0 aromatic heterocycles. The molecule has 0 saturated carbocycles. The molecule has 0 saturated heterocycles. The number of halogens is 1. The van der Waals surface area contributed by atoms with Crippen molar-refractivity contribution in [2.75, 3.05) is 26.7 Å². The molecule has 1 rings (SSSR count). The van der Waals surface area contributed by atoms with Crippen LogP contribution in [-0.2, 0) is 6.54 Å². The van der Waals surface area contributed by atoms with E-state index in [1.807, 2.05) is 6.07 Å². The lowest BCUT2D eigenvalue weighted by Crippen LogP contribution is -2.29. The van der Waals surface area contributed by atoms with Crippen molar-refractivity contribution in [2.45, 2.75) is 26.8 Å². The van der Waals surface area contributed by atoms with Crippen molar-refractivity contribution in [2.24, 2.45) is 0 Å². The van der Waals surface area contributed by atoms with Crippen LogP contribution in [0.1, 0.15) is 24.5 Å². The summed E-state index contributed by atoms with van der Waals surface area (Å²) in [6, 6.07) is 6.25. The first-order valence-electron chi connectivity index (χ1n) is 6.27. The number of hydrogen-bond acceptors (Lipinski definition) is 2. The van der Waals surface area contributed by atoms with Crippen LogP contribution in [0.4, 0.5) is 0 Å². The Balaban J connectivity index is 2.34. The summed E-state index contributed by atoms with van der Waals surface area (Å²) < 4.78 is 0. The number of aryl methyl sites for hydroxylation is 1. The summed E-state index contributed by atoms with van der Waals surface area (Å²) >= 11 is 6.01. The third-order valence-corrected chi connectivity index (χ3v) is 3.20. The predicted molar refractivity (Wildman–Crippen MR) is 75.7 cm³/mol. The highest BCUT2D eigenvalue weighted by molar-refractivity contribution is 6.31. The molecular weight excluding hydrogens is 232 g/mol. The zero-order chi connectivity index (χ0) is 12.7. The topological polar surface area (TPSA) is 15.3 Å². The molecule has 0 unspecified atom stereocenters. The molecular formula is C14H23ClN2. The summed E-state index contributed by atoms with van der Waals surface area (Å²) in [5, 5.41) is 4.26. The van der Waals surface area contributed by atoms with Gasteiger partial charge in [0, 0.05) is 24.7 Å². The number of nitrogens with zero attached hydrogens (tertiary/aromatic N) is 1. The number of nitrogens with one attached hydrogen (secondary N) is 1. The standard InChI is InChI=1S/C14H23ClN2/c1-4-7-16-8-9-17(3)11-13-5-6-14(15)12(2)10-13/h5-6,10,16H,4,7-9,11H2,1-3H3. The number of likely N-dealkylation sites (N-methyl/N-ethyl adjacent to an activating group) is 1. The molecule has 0 aliphatic rings. The minimum absolute atomic E-state index is 0.848. The molecule has 0 aliphatic heterocycles. The van der Waals surface area contributed by atoms with Crippen LogP contribution in [0.2, 0.25) is 5.02 Å². The van der Waals surface area contributed by atoms with Gasteiger partial charge in [-0.25, -0.2) is 0 Å². The summed E-state index contributed by atoms with van der Waals surface area (Å²) in [7, 11) is 2.15. The van der Waals surface area contributed by atoms with Gasteiger partial charge in [0.2, 0.25) is 0 Å². The van der Waals surface area contributed by atoms with Gasteiger partial charge in [0.25, 0.3) is 0 Å². The van der Waals surface area contributed by atoms with Crippen LogP contribution >= 0.6 is 11.6 Å². The van der Waals surface area contributed by atoms with Gasteiger partial charge in [0.15, 0.2) is 0 Å². The monoisotopic (exact) mass is 254 g/mol. The van der Waals surface area contributed by atoms with Crippen molar-refractivity contribution in [1.82, 2.24) is 10.2 Å². The van der Waals surface area contributed by atoms with Crippen LogP contribution in [0, 0.1) is 6.92 Å². The number of benzene rings is 1. The minimum atomic E-state index is 0.848. The summed E-state index contributed by atoms with van der Waals surface area (Å²) in [6.45, 7) is 8.44. The highest BCUT2D eigenvalue weighted by Gasteiger charge is 2.02. The van der Waals surface area contributed by atoms with Crippen molar-refractivity contribution < 1.29 is 0 Å². The van der Waals surface area contributed by atoms with E-state index < -0.39 is 0 Å². The van der Waals surface area contributed by atoms with E-state index in [4.69, 9.17) is 11.6 Å². The number of rotatable bonds is 7. The average Bonchev–Trinajstić information content (AvgIpc) is 2.30. The van der Waals surface area contributed by atoms with E-state index in [0.29, 0.717) is 0 Å². The Bertz CT molecular complexity index is 339. The van der Waals surface area contributed by atoms with Crippen LogP contribution in [0.3, 0.4) is 0 Å². The van der Waals surface area contributed by atoms with Crippen LogP contribution in [0.15, 0.2) is 18.2 Å². The zero-order valence-corrected chi connectivity index (χ0v) is 11.8. The Labute approximate surface area is 110 Å². The van der Waals surface area contributed by atoms with Crippen molar-refractivity contribution in [3.63, 3.8) is 0 Å². The van der Waals surface area contributed by atoms with Gasteiger partial charge < -0.3 is 10.2 Å². The lowest BCUT2D eigenvalue weighted by atomic mass is 10.1. The first-order valence-corrected chi connectivity index (χ1v) is 6.65. The zero-order valence-electron chi connectivity index (χ0n) is 11.1. The Hall–Kier alpha value is -0.570. The van der Waals surface area contributed by atoms with Crippen molar-refractivity contribution in [3.8, 4) is 0 Å². The van der Waals surface area contributed by atoms with Gasteiger partial charge in [-0.2, -0.15) is 0 Å². The van der Waals surface area contributed by atoms with Crippen molar-refractivity contribution in [1.29, 1.82) is 0 Å². The van der Waals surface area contributed by atoms with Gasteiger partial charge in [-0.1, -0.05) is 30.7 Å². The fourth-order valence-corrected chi connectivity index (χ4v) is 1.89. The molecule has 0 fully saturated rings. The van der Waals surface area contributed by atoms with Crippen LogP contribution in [0.5, 0.6) is 0 Å². The van der Waals surface area contributed by atoms with Crippen molar-refractivity contribution in [3.05, 3.63) is 34.3 Å². The van der Waals surface area contributed by atoms with E-state index in [1.165, 1.54) is 12.0 Å². The number of hydrogen-bond donors (Lipinski definition) is 1. The highest BCUT2D eigenvalue weighted by atomic mass is 35.5. The van der Waals surface area contributed by atoms with E-state index in [-0.39, 0.29) is 0 Å². The maximum absolute atomic E-state index is 6.01. The smallest absolute Gasteiger partial charge is 0.0435 e. The molecule has 0 aliphatic carbocycles. The first-order chi connectivity index (χ1) is 8.13. The normalized spacial score (nSPS) is 11.1. The van der Waals surface area contributed by atoms with E-state index in [0.717, 1.165) is 36.8 Å². The quantitative estimate of drug-likeness (QED) is 0.753. The Morgan fingerprint density at radius 1 is 1.29 bits per heavy atom. The third kappa shape index (κ3) is 5.53. The minimum Gasteiger partial charge on any atom is -0.315 e. The molecule has 2 nitrogen and oxygen atoms in total. The fourth-order valence-electron chi connectivity index (χ4n) is 1.77. The summed E-state index contributed by atoms with van der Waals surface area (Å²) in [4.78, 5) is 2.32. The van der Waals surface area contributed by atoms with E-state index in [2.05, 4.69) is 43.2 Å². The van der Waals surface area contributed by atoms with E-state index in [9.17, 15) is 0 Å². The molecule has 0 radical (unpaired) electrons. The fraction of sp³-hybridized carbons (Fsp3) is 0.571. The Morgan fingerprint density at radius 3 is 2.71 bits per heavy atom. The summed E-state index contributed by atoms with van der Waals surface area (Å²) in [5.41, 5.74) is 2.48. The second-order valence-electron chi connectivity index (χ2n) is 4.57. The van der Waals surface area contributed by atoms with Gasteiger partial charge >= 0.3 is 0 Å². The second-order valence-corrected chi connectivity index (χ2v) is 4.98. The van der Waals surface area contributed by atoms with Gasteiger partial charge in [0.1, 0.15) is 0 Å². The molecule has 1 N–H and O–H groups in total. The molecule has 96 valence electrons. The Morgan fingerprint density at radius 2 is 2.06 bits per heavy atom. The molecule has 0 amide bonds. The van der Waals surface area contributed by atoms with Gasteiger partial charge in [-0.3, -0.25) is 0 Å². The molecule has 0 heterocycles. The Kier molecular flexibility index (Phi) is 6.56. The average molecular weight is 255 g/mol. The predicted octanol–water partition coefficient (Wildman–Crippen LogP) is 3.08. The molecule has 1 aromatic carbocycles. The lowest BCUT2D eigenvalue weighted by Gasteiger charge is -2.17. The highest BCUT2D eigenvalue weighted by Crippen LogP contribution is 2.16. The van der Waals surface area contributed by atoms with Crippen molar-refractivity contribution >= 4 is 11.6 Å². The molecule has 3 heteroatoms. The maximum Gasteiger partial charge on any atom is 0.0435 e. The van der Waals surface area contributed by atoms with Crippen LogP contribution in [-0.4, -0.2) is 31.6 Å². The molecule has 0 spiro atoms. The lowest BCUT2D eigenvalue weighted by molar-refractivity contribution is 0.324. The SMILES string of the molecule is CCCNCCN(C)Cc1ccc(Cl)c(C)c1. The van der Waals surface area contributed by atoms with Gasteiger partial charge in [-0.05, 0) is 44.1 Å². The molecule has 0 bridgehead atoms. The molecule has 1 aromatic rings.